The van der Waals surface area contributed by atoms with Crippen LogP contribution in [0.3, 0.4) is 0 Å². The third-order valence-electron chi connectivity index (χ3n) is 3.60. The second-order valence-electron chi connectivity index (χ2n) is 5.75. The molecule has 20 heavy (non-hydrogen) atoms. The standard InChI is InChI=1S/C15H21F2NO2/c1-10(2)18-15(8-19,11-3-4-11)9-20-14-6-5-12(16)7-13(14)17/h5-7,10-11,18-19H,3-4,8-9H2,1-2H3. The van der Waals surface area contributed by atoms with Crippen molar-refractivity contribution in [3.8, 4) is 5.75 Å². The zero-order valence-electron chi connectivity index (χ0n) is 11.8. The molecule has 1 aromatic rings. The van der Waals surface area contributed by atoms with Gasteiger partial charge in [0.25, 0.3) is 0 Å². The largest absolute Gasteiger partial charge is 0.488 e. The van der Waals surface area contributed by atoms with Crippen LogP contribution in [0.2, 0.25) is 0 Å². The van der Waals surface area contributed by atoms with E-state index in [2.05, 4.69) is 5.32 Å². The predicted octanol–water partition coefficient (Wildman–Crippen LogP) is 2.48. The van der Waals surface area contributed by atoms with Gasteiger partial charge < -0.3 is 15.2 Å². The minimum atomic E-state index is -0.725. The van der Waals surface area contributed by atoms with Gasteiger partial charge in [-0.05, 0) is 30.9 Å². The lowest BCUT2D eigenvalue weighted by Crippen LogP contribution is -2.57. The fraction of sp³-hybridized carbons (Fsp3) is 0.600. The summed E-state index contributed by atoms with van der Waals surface area (Å²) in [5.74, 6) is -1.02. The van der Waals surface area contributed by atoms with Crippen LogP contribution in [0.5, 0.6) is 5.75 Å². The summed E-state index contributed by atoms with van der Waals surface area (Å²) in [6, 6.07) is 3.41. The molecule has 1 aromatic carbocycles. The molecule has 0 aromatic heterocycles. The molecular formula is C15H21F2NO2. The van der Waals surface area contributed by atoms with Crippen LogP contribution in [-0.4, -0.2) is 29.9 Å². The molecule has 0 bridgehead atoms. The summed E-state index contributed by atoms with van der Waals surface area (Å²) in [7, 11) is 0. The van der Waals surface area contributed by atoms with E-state index in [4.69, 9.17) is 4.74 Å². The SMILES string of the molecule is CC(C)NC(CO)(COc1ccc(F)cc1F)C1CC1. The molecule has 2 rings (SSSR count). The van der Waals surface area contributed by atoms with E-state index >= 15 is 0 Å². The summed E-state index contributed by atoms with van der Waals surface area (Å²) in [6.45, 7) is 4.07. The fourth-order valence-electron chi connectivity index (χ4n) is 2.51. The lowest BCUT2D eigenvalue weighted by molar-refractivity contribution is 0.0761. The Labute approximate surface area is 117 Å². The number of benzene rings is 1. The Morgan fingerprint density at radius 1 is 1.40 bits per heavy atom. The Kier molecular flexibility index (Phi) is 4.60. The lowest BCUT2D eigenvalue weighted by Gasteiger charge is -2.35. The molecule has 1 aliphatic carbocycles. The molecule has 3 nitrogen and oxygen atoms in total. The molecule has 1 atom stereocenters. The number of nitrogens with one attached hydrogen (secondary N) is 1. The number of aliphatic hydroxyl groups is 1. The Balaban J connectivity index is 2.08. The van der Waals surface area contributed by atoms with Crippen molar-refractivity contribution in [2.75, 3.05) is 13.2 Å². The van der Waals surface area contributed by atoms with Crippen LogP contribution in [-0.2, 0) is 0 Å². The first-order chi connectivity index (χ1) is 9.47. The average Bonchev–Trinajstić information content (AvgIpc) is 3.20. The first-order valence-electron chi connectivity index (χ1n) is 6.93. The molecule has 0 spiro atoms. The van der Waals surface area contributed by atoms with Crippen LogP contribution in [0.4, 0.5) is 8.78 Å². The maximum Gasteiger partial charge on any atom is 0.167 e. The zero-order valence-corrected chi connectivity index (χ0v) is 11.8. The Hall–Kier alpha value is -1.20. The molecule has 2 N–H and O–H groups in total. The quantitative estimate of drug-likeness (QED) is 0.808. The number of hydrogen-bond acceptors (Lipinski definition) is 3. The molecule has 1 unspecified atom stereocenters. The molecule has 0 amide bonds. The van der Waals surface area contributed by atoms with Crippen LogP contribution in [0, 0.1) is 17.6 Å². The van der Waals surface area contributed by atoms with Gasteiger partial charge in [0, 0.05) is 12.1 Å². The minimum Gasteiger partial charge on any atom is -0.488 e. The molecule has 0 saturated heterocycles. The van der Waals surface area contributed by atoms with E-state index in [1.165, 1.54) is 6.07 Å². The van der Waals surface area contributed by atoms with Gasteiger partial charge >= 0.3 is 0 Å². The van der Waals surface area contributed by atoms with E-state index in [1.807, 2.05) is 13.8 Å². The van der Waals surface area contributed by atoms with Crippen molar-refractivity contribution in [1.82, 2.24) is 5.32 Å². The highest BCUT2D eigenvalue weighted by Gasteiger charge is 2.46. The van der Waals surface area contributed by atoms with Gasteiger partial charge in [0.15, 0.2) is 11.6 Å². The summed E-state index contributed by atoms with van der Waals surface area (Å²) < 4.78 is 31.9. The van der Waals surface area contributed by atoms with Crippen molar-refractivity contribution >= 4 is 0 Å². The summed E-state index contributed by atoms with van der Waals surface area (Å²) in [5, 5.41) is 13.1. The molecular weight excluding hydrogens is 264 g/mol. The molecule has 1 saturated carbocycles. The normalized spacial score (nSPS) is 18.1. The zero-order chi connectivity index (χ0) is 14.8. The fourth-order valence-corrected chi connectivity index (χ4v) is 2.51. The monoisotopic (exact) mass is 285 g/mol. The van der Waals surface area contributed by atoms with Gasteiger partial charge in [-0.3, -0.25) is 0 Å². The van der Waals surface area contributed by atoms with Crippen LogP contribution < -0.4 is 10.1 Å². The van der Waals surface area contributed by atoms with Crippen LogP contribution >= 0.6 is 0 Å². The summed E-state index contributed by atoms with van der Waals surface area (Å²) >= 11 is 0. The highest BCUT2D eigenvalue weighted by molar-refractivity contribution is 5.25. The molecule has 1 fully saturated rings. The van der Waals surface area contributed by atoms with Crippen molar-refractivity contribution < 1.29 is 18.6 Å². The van der Waals surface area contributed by atoms with E-state index in [0.29, 0.717) is 5.92 Å². The highest BCUT2D eigenvalue weighted by Crippen LogP contribution is 2.40. The number of hydrogen-bond donors (Lipinski definition) is 2. The van der Waals surface area contributed by atoms with Crippen molar-refractivity contribution in [3.63, 3.8) is 0 Å². The van der Waals surface area contributed by atoms with Crippen molar-refractivity contribution in [2.24, 2.45) is 5.92 Å². The summed E-state index contributed by atoms with van der Waals surface area (Å²) in [6.07, 6.45) is 2.05. The molecule has 0 radical (unpaired) electrons. The van der Waals surface area contributed by atoms with Gasteiger partial charge in [-0.25, -0.2) is 8.78 Å². The van der Waals surface area contributed by atoms with Crippen LogP contribution in [0.25, 0.3) is 0 Å². The van der Waals surface area contributed by atoms with Gasteiger partial charge in [0.2, 0.25) is 0 Å². The first-order valence-corrected chi connectivity index (χ1v) is 6.93. The van der Waals surface area contributed by atoms with Gasteiger partial charge in [-0.1, -0.05) is 13.8 Å². The van der Waals surface area contributed by atoms with E-state index < -0.39 is 17.2 Å². The topological polar surface area (TPSA) is 41.5 Å². The van der Waals surface area contributed by atoms with Crippen LogP contribution in [0.1, 0.15) is 26.7 Å². The number of rotatable bonds is 7. The smallest absolute Gasteiger partial charge is 0.167 e. The maximum absolute atomic E-state index is 13.6. The third-order valence-corrected chi connectivity index (χ3v) is 3.60. The molecule has 0 heterocycles. The molecule has 0 aliphatic heterocycles. The number of halogens is 2. The number of aliphatic hydroxyl groups excluding tert-OH is 1. The van der Waals surface area contributed by atoms with E-state index in [0.717, 1.165) is 25.0 Å². The number of ether oxygens (including phenoxy) is 1. The Morgan fingerprint density at radius 3 is 2.60 bits per heavy atom. The van der Waals surface area contributed by atoms with Crippen molar-refractivity contribution in [2.45, 2.75) is 38.3 Å². The second-order valence-corrected chi connectivity index (χ2v) is 5.75. The Bertz CT molecular complexity index is 463. The Morgan fingerprint density at radius 2 is 2.10 bits per heavy atom. The van der Waals surface area contributed by atoms with Crippen molar-refractivity contribution in [1.29, 1.82) is 0 Å². The van der Waals surface area contributed by atoms with E-state index in [-0.39, 0.29) is 25.0 Å². The van der Waals surface area contributed by atoms with Gasteiger partial charge in [0.1, 0.15) is 12.4 Å². The molecule has 5 heteroatoms. The third kappa shape index (κ3) is 3.46. The van der Waals surface area contributed by atoms with Gasteiger partial charge in [-0.15, -0.1) is 0 Å². The maximum atomic E-state index is 13.6. The molecule has 1 aliphatic rings. The van der Waals surface area contributed by atoms with E-state index in [9.17, 15) is 13.9 Å². The predicted molar refractivity (Wildman–Crippen MR) is 72.7 cm³/mol. The lowest BCUT2D eigenvalue weighted by atomic mass is 9.94. The van der Waals surface area contributed by atoms with Gasteiger partial charge in [-0.2, -0.15) is 0 Å². The van der Waals surface area contributed by atoms with Crippen LogP contribution in [0.15, 0.2) is 18.2 Å². The second kappa shape index (κ2) is 6.06. The highest BCUT2D eigenvalue weighted by atomic mass is 19.1. The van der Waals surface area contributed by atoms with E-state index in [1.54, 1.807) is 0 Å². The molecule has 112 valence electrons. The average molecular weight is 285 g/mol. The van der Waals surface area contributed by atoms with Gasteiger partial charge in [0.05, 0.1) is 12.1 Å². The summed E-state index contributed by atoms with van der Waals surface area (Å²) in [4.78, 5) is 0. The summed E-state index contributed by atoms with van der Waals surface area (Å²) in [5.41, 5.74) is -0.561. The first kappa shape index (κ1) is 15.2. The minimum absolute atomic E-state index is 0.00966. The van der Waals surface area contributed by atoms with Crippen molar-refractivity contribution in [3.05, 3.63) is 29.8 Å².